The van der Waals surface area contributed by atoms with Crippen LogP contribution in [0.4, 0.5) is 0 Å². The van der Waals surface area contributed by atoms with Gasteiger partial charge in [-0.2, -0.15) is 5.26 Å². The van der Waals surface area contributed by atoms with Gasteiger partial charge in [0.05, 0.1) is 11.7 Å². The number of aromatic nitrogens is 1. The van der Waals surface area contributed by atoms with Gasteiger partial charge in [0, 0.05) is 22.7 Å². The van der Waals surface area contributed by atoms with Crippen LogP contribution in [-0.2, 0) is 6.54 Å². The predicted molar refractivity (Wildman–Crippen MR) is 104 cm³/mol. The van der Waals surface area contributed by atoms with Gasteiger partial charge in [0.25, 0.3) is 0 Å². The zero-order chi connectivity index (χ0) is 18.1. The molecule has 0 fully saturated rings. The van der Waals surface area contributed by atoms with Crippen molar-refractivity contribution in [1.82, 2.24) is 4.57 Å². The normalized spacial score (nSPS) is 15.2. The lowest BCUT2D eigenvalue weighted by Gasteiger charge is -2.07. The second-order valence-electron chi connectivity index (χ2n) is 6.33. The molecule has 3 nitrogen and oxygen atoms in total. The monoisotopic (exact) mass is 338 g/mol. The van der Waals surface area contributed by atoms with Crippen LogP contribution in [0.25, 0.3) is 22.9 Å². The molecule has 1 aliphatic carbocycles. The molecule has 1 unspecified atom stereocenters. The highest BCUT2D eigenvalue weighted by Gasteiger charge is 2.16. The van der Waals surface area contributed by atoms with E-state index in [-0.39, 0.29) is 0 Å². The number of aliphatic hydroxyl groups excluding tert-OH is 1. The molecule has 0 amide bonds. The SMILES string of the molecule is CCn1c(C#Cc2cccc3ccccc23)c(C#N)c2c1=CC(O)CC=2. The van der Waals surface area contributed by atoms with Gasteiger partial charge in [0.1, 0.15) is 11.8 Å². The Morgan fingerprint density at radius 2 is 1.96 bits per heavy atom. The quantitative estimate of drug-likeness (QED) is 0.692. The lowest BCUT2D eigenvalue weighted by Crippen LogP contribution is -2.34. The fraction of sp³-hybridized carbons (Fsp3) is 0.174. The topological polar surface area (TPSA) is 49.0 Å². The highest BCUT2D eigenvalue weighted by atomic mass is 16.3. The van der Waals surface area contributed by atoms with Crippen LogP contribution < -0.4 is 10.6 Å². The van der Waals surface area contributed by atoms with Crippen LogP contribution in [-0.4, -0.2) is 15.8 Å². The minimum Gasteiger partial charge on any atom is -0.389 e. The highest BCUT2D eigenvalue weighted by Crippen LogP contribution is 2.17. The van der Waals surface area contributed by atoms with Gasteiger partial charge in [0.15, 0.2) is 0 Å². The van der Waals surface area contributed by atoms with E-state index in [9.17, 15) is 10.4 Å². The molecule has 4 rings (SSSR count). The number of nitriles is 1. The van der Waals surface area contributed by atoms with Gasteiger partial charge in [-0.1, -0.05) is 48.4 Å². The zero-order valence-corrected chi connectivity index (χ0v) is 14.5. The Morgan fingerprint density at radius 1 is 1.15 bits per heavy atom. The lowest BCUT2D eigenvalue weighted by molar-refractivity contribution is 0.244. The number of aliphatic hydroxyl groups is 1. The van der Waals surface area contributed by atoms with Crippen LogP contribution in [0, 0.1) is 23.2 Å². The Bertz CT molecular complexity index is 1220. The second-order valence-corrected chi connectivity index (χ2v) is 6.33. The molecule has 1 aromatic heterocycles. The molecule has 1 heterocycles. The van der Waals surface area contributed by atoms with E-state index < -0.39 is 6.10 Å². The largest absolute Gasteiger partial charge is 0.389 e. The predicted octanol–water partition coefficient (Wildman–Crippen LogP) is 2.26. The van der Waals surface area contributed by atoms with Crippen LogP contribution in [0.2, 0.25) is 0 Å². The summed E-state index contributed by atoms with van der Waals surface area (Å²) in [5, 5.41) is 23.7. The Hall–Kier alpha value is -3.27. The van der Waals surface area contributed by atoms with E-state index in [4.69, 9.17) is 0 Å². The maximum atomic E-state index is 9.96. The van der Waals surface area contributed by atoms with Crippen molar-refractivity contribution < 1.29 is 5.11 Å². The van der Waals surface area contributed by atoms with E-state index in [1.165, 1.54) is 0 Å². The summed E-state index contributed by atoms with van der Waals surface area (Å²) in [4.78, 5) is 0. The van der Waals surface area contributed by atoms with Crippen LogP contribution in [0.15, 0.2) is 42.5 Å². The van der Waals surface area contributed by atoms with Crippen molar-refractivity contribution in [3.05, 3.63) is 69.9 Å². The first-order valence-corrected chi connectivity index (χ1v) is 8.75. The van der Waals surface area contributed by atoms with Gasteiger partial charge in [-0.3, -0.25) is 0 Å². The van der Waals surface area contributed by atoms with Crippen molar-refractivity contribution >= 4 is 22.9 Å². The average Bonchev–Trinajstić information content (AvgIpc) is 2.97. The minimum absolute atomic E-state index is 0.506. The van der Waals surface area contributed by atoms with E-state index >= 15 is 0 Å². The molecule has 1 N–H and O–H groups in total. The molecule has 0 radical (unpaired) electrons. The van der Waals surface area contributed by atoms with E-state index in [1.54, 1.807) is 0 Å². The molecule has 0 aliphatic heterocycles. The molecule has 26 heavy (non-hydrogen) atoms. The third-order valence-corrected chi connectivity index (χ3v) is 4.79. The first-order chi connectivity index (χ1) is 12.7. The summed E-state index contributed by atoms with van der Waals surface area (Å²) in [6.45, 7) is 2.72. The maximum Gasteiger partial charge on any atom is 0.111 e. The summed E-state index contributed by atoms with van der Waals surface area (Å²) in [6, 6.07) is 16.5. The standard InChI is InChI=1S/C23H18N2O/c1-2-25-22(21(15-24)20-12-11-18(26)14-23(20)25)13-10-17-8-5-7-16-6-3-4-9-19(16)17/h3-9,12,14,18,26H,2,11H2,1H3. The van der Waals surface area contributed by atoms with Crippen molar-refractivity contribution in [1.29, 1.82) is 5.26 Å². The molecule has 3 heteroatoms. The number of hydrogen-bond acceptors (Lipinski definition) is 2. The number of rotatable bonds is 1. The molecule has 2 aromatic carbocycles. The van der Waals surface area contributed by atoms with Crippen LogP contribution in [0.5, 0.6) is 0 Å². The van der Waals surface area contributed by atoms with Gasteiger partial charge in [-0.15, -0.1) is 0 Å². The minimum atomic E-state index is -0.506. The van der Waals surface area contributed by atoms with E-state index in [0.717, 1.165) is 32.6 Å². The fourth-order valence-corrected chi connectivity index (χ4v) is 3.56. The molecule has 1 aliphatic rings. The molecule has 1 atom stereocenters. The summed E-state index contributed by atoms with van der Waals surface area (Å²) in [5.41, 5.74) is 2.26. The molecule has 3 aromatic rings. The van der Waals surface area contributed by atoms with Crippen molar-refractivity contribution in [2.45, 2.75) is 26.0 Å². The molecular formula is C23H18N2O. The van der Waals surface area contributed by atoms with Gasteiger partial charge >= 0.3 is 0 Å². The fourth-order valence-electron chi connectivity index (χ4n) is 3.56. The van der Waals surface area contributed by atoms with E-state index in [0.29, 0.717) is 18.5 Å². The average molecular weight is 338 g/mol. The van der Waals surface area contributed by atoms with Gasteiger partial charge in [-0.25, -0.2) is 0 Å². The Kier molecular flexibility index (Phi) is 4.09. The molecule has 0 saturated carbocycles. The molecule has 126 valence electrons. The lowest BCUT2D eigenvalue weighted by atomic mass is 10.0. The van der Waals surface area contributed by atoms with E-state index in [1.807, 2.05) is 47.9 Å². The zero-order valence-electron chi connectivity index (χ0n) is 14.5. The Balaban J connectivity index is 1.96. The summed E-state index contributed by atoms with van der Waals surface area (Å²) in [7, 11) is 0. The molecular weight excluding hydrogens is 320 g/mol. The molecule has 0 saturated heterocycles. The van der Waals surface area contributed by atoms with Crippen LogP contribution >= 0.6 is 0 Å². The van der Waals surface area contributed by atoms with Crippen molar-refractivity contribution in [3.63, 3.8) is 0 Å². The first kappa shape index (κ1) is 16.2. The summed E-state index contributed by atoms with van der Waals surface area (Å²) >= 11 is 0. The number of nitrogens with zero attached hydrogens (tertiary/aromatic N) is 2. The highest BCUT2D eigenvalue weighted by molar-refractivity contribution is 5.88. The van der Waals surface area contributed by atoms with E-state index in [2.05, 4.69) is 36.1 Å². The number of benzene rings is 2. The maximum absolute atomic E-state index is 9.96. The molecule has 0 spiro atoms. The summed E-state index contributed by atoms with van der Waals surface area (Å²) in [6.07, 6.45) is 3.79. The van der Waals surface area contributed by atoms with Gasteiger partial charge < -0.3 is 9.67 Å². The Labute approximate surface area is 152 Å². The Morgan fingerprint density at radius 3 is 2.77 bits per heavy atom. The van der Waals surface area contributed by atoms with Crippen LogP contribution in [0.1, 0.15) is 30.2 Å². The van der Waals surface area contributed by atoms with Gasteiger partial charge in [0.2, 0.25) is 0 Å². The van der Waals surface area contributed by atoms with Crippen LogP contribution in [0.3, 0.4) is 0 Å². The number of fused-ring (bicyclic) bond motifs is 2. The summed E-state index contributed by atoms with van der Waals surface area (Å²) < 4.78 is 2.02. The van der Waals surface area contributed by atoms with Gasteiger partial charge in [-0.05, 0) is 42.2 Å². The molecule has 0 bridgehead atoms. The summed E-state index contributed by atoms with van der Waals surface area (Å²) in [5.74, 6) is 6.49. The smallest absolute Gasteiger partial charge is 0.111 e. The number of hydrogen-bond donors (Lipinski definition) is 1. The first-order valence-electron chi connectivity index (χ1n) is 8.75. The van der Waals surface area contributed by atoms with Crippen molar-refractivity contribution in [3.8, 4) is 17.9 Å². The third kappa shape index (κ3) is 2.60. The van der Waals surface area contributed by atoms with Crippen molar-refractivity contribution in [2.75, 3.05) is 0 Å². The second kappa shape index (κ2) is 6.56. The third-order valence-electron chi connectivity index (χ3n) is 4.79. The van der Waals surface area contributed by atoms with Crippen molar-refractivity contribution in [2.24, 2.45) is 0 Å².